The van der Waals surface area contributed by atoms with Crippen LogP contribution in [0.25, 0.3) is 0 Å². The third kappa shape index (κ3) is 7.20. The summed E-state index contributed by atoms with van der Waals surface area (Å²) in [5, 5.41) is 0. The highest BCUT2D eigenvalue weighted by molar-refractivity contribution is 5.94. The highest BCUT2D eigenvalue weighted by atomic mass is 16.7. The summed E-state index contributed by atoms with van der Waals surface area (Å²) in [6.07, 6.45) is 13.7. The van der Waals surface area contributed by atoms with Crippen LogP contribution in [-0.2, 0) is 14.3 Å². The summed E-state index contributed by atoms with van der Waals surface area (Å²) >= 11 is 0. The highest BCUT2D eigenvalue weighted by Crippen LogP contribution is 2.17. The molecule has 0 radical (unpaired) electrons. The molecule has 1 heterocycles. The smallest absolute Gasteiger partial charge is 0.184 e. The molecular weight excluding hydrogens is 252 g/mol. The molecule has 3 nitrogen and oxygen atoms in total. The SMILES string of the molecule is CCCCCCCCCCC1OC(OCC)C=CC1=O. The van der Waals surface area contributed by atoms with E-state index in [9.17, 15) is 4.79 Å². The fourth-order valence-electron chi connectivity index (χ4n) is 2.49. The Balaban J connectivity index is 2.06. The van der Waals surface area contributed by atoms with Gasteiger partial charge in [0.1, 0.15) is 6.10 Å². The molecule has 1 rings (SSSR count). The van der Waals surface area contributed by atoms with Crippen LogP contribution < -0.4 is 0 Å². The van der Waals surface area contributed by atoms with Crippen molar-refractivity contribution in [3.8, 4) is 0 Å². The standard InChI is InChI=1S/C17H30O3/c1-3-5-6-7-8-9-10-11-12-16-15(18)13-14-17(20-16)19-4-2/h13-14,16-17H,3-12H2,1-2H3. The Morgan fingerprint density at radius 1 is 1.05 bits per heavy atom. The summed E-state index contributed by atoms with van der Waals surface area (Å²) < 4.78 is 11.0. The van der Waals surface area contributed by atoms with Gasteiger partial charge in [0.05, 0.1) is 0 Å². The van der Waals surface area contributed by atoms with Crippen LogP contribution in [0.5, 0.6) is 0 Å². The van der Waals surface area contributed by atoms with Crippen molar-refractivity contribution < 1.29 is 14.3 Å². The molecule has 1 aliphatic rings. The number of carbonyl (C=O) groups excluding carboxylic acids is 1. The first-order valence-electron chi connectivity index (χ1n) is 8.27. The number of unbranched alkanes of at least 4 members (excludes halogenated alkanes) is 7. The molecule has 0 aromatic carbocycles. The van der Waals surface area contributed by atoms with E-state index in [4.69, 9.17) is 9.47 Å². The van der Waals surface area contributed by atoms with Crippen LogP contribution in [0.3, 0.4) is 0 Å². The molecule has 0 aromatic rings. The van der Waals surface area contributed by atoms with Gasteiger partial charge in [0.2, 0.25) is 0 Å². The molecule has 0 N–H and O–H groups in total. The minimum absolute atomic E-state index is 0.0869. The van der Waals surface area contributed by atoms with Gasteiger partial charge in [-0.15, -0.1) is 0 Å². The van der Waals surface area contributed by atoms with Crippen molar-refractivity contribution >= 4 is 5.78 Å². The largest absolute Gasteiger partial charge is 0.349 e. The molecule has 0 fully saturated rings. The second-order valence-corrected chi connectivity index (χ2v) is 5.47. The van der Waals surface area contributed by atoms with Crippen molar-refractivity contribution in [1.82, 2.24) is 0 Å². The predicted molar refractivity (Wildman–Crippen MR) is 81.7 cm³/mol. The fraction of sp³-hybridized carbons (Fsp3) is 0.824. The third-order valence-electron chi connectivity index (χ3n) is 3.68. The fourth-order valence-corrected chi connectivity index (χ4v) is 2.49. The first-order valence-corrected chi connectivity index (χ1v) is 8.27. The van der Waals surface area contributed by atoms with E-state index in [1.54, 1.807) is 12.2 Å². The quantitative estimate of drug-likeness (QED) is 0.527. The van der Waals surface area contributed by atoms with Crippen molar-refractivity contribution in [2.24, 2.45) is 0 Å². The van der Waals surface area contributed by atoms with E-state index in [1.165, 1.54) is 44.9 Å². The highest BCUT2D eigenvalue weighted by Gasteiger charge is 2.24. The second-order valence-electron chi connectivity index (χ2n) is 5.47. The van der Waals surface area contributed by atoms with Crippen LogP contribution in [0.2, 0.25) is 0 Å². The van der Waals surface area contributed by atoms with Crippen molar-refractivity contribution in [1.29, 1.82) is 0 Å². The van der Waals surface area contributed by atoms with Gasteiger partial charge in [-0.2, -0.15) is 0 Å². The number of hydrogen-bond donors (Lipinski definition) is 0. The summed E-state index contributed by atoms with van der Waals surface area (Å²) in [6, 6.07) is 0. The topological polar surface area (TPSA) is 35.5 Å². The molecular formula is C17H30O3. The lowest BCUT2D eigenvalue weighted by Crippen LogP contribution is -2.33. The summed E-state index contributed by atoms with van der Waals surface area (Å²) in [5.74, 6) is 0.0869. The van der Waals surface area contributed by atoms with Gasteiger partial charge in [-0.1, -0.05) is 58.3 Å². The maximum absolute atomic E-state index is 11.7. The second kappa shape index (κ2) is 11.0. The number of hydrogen-bond acceptors (Lipinski definition) is 3. The Morgan fingerprint density at radius 3 is 2.35 bits per heavy atom. The number of ether oxygens (including phenoxy) is 2. The van der Waals surface area contributed by atoms with Gasteiger partial charge < -0.3 is 9.47 Å². The van der Waals surface area contributed by atoms with Crippen molar-refractivity contribution in [3.63, 3.8) is 0 Å². The van der Waals surface area contributed by atoms with Gasteiger partial charge >= 0.3 is 0 Å². The van der Waals surface area contributed by atoms with E-state index in [2.05, 4.69) is 6.92 Å². The molecule has 0 aromatic heterocycles. The van der Waals surface area contributed by atoms with Gasteiger partial charge in [0.15, 0.2) is 12.1 Å². The lowest BCUT2D eigenvalue weighted by molar-refractivity contribution is -0.162. The van der Waals surface area contributed by atoms with Crippen LogP contribution in [0.15, 0.2) is 12.2 Å². The Bertz CT molecular complexity index is 286. The summed E-state index contributed by atoms with van der Waals surface area (Å²) in [7, 11) is 0. The predicted octanol–water partition coefficient (Wildman–Crippen LogP) is 4.40. The van der Waals surface area contributed by atoms with E-state index in [0.717, 1.165) is 12.8 Å². The summed E-state index contributed by atoms with van der Waals surface area (Å²) in [4.78, 5) is 11.7. The lowest BCUT2D eigenvalue weighted by atomic mass is 10.0. The van der Waals surface area contributed by atoms with E-state index in [0.29, 0.717) is 6.61 Å². The molecule has 3 heteroatoms. The first-order chi connectivity index (χ1) is 9.77. The molecule has 0 amide bonds. The van der Waals surface area contributed by atoms with Crippen molar-refractivity contribution in [2.75, 3.05) is 6.61 Å². The van der Waals surface area contributed by atoms with E-state index >= 15 is 0 Å². The monoisotopic (exact) mass is 282 g/mol. The minimum Gasteiger partial charge on any atom is -0.349 e. The number of rotatable bonds is 11. The lowest BCUT2D eigenvalue weighted by Gasteiger charge is -2.24. The van der Waals surface area contributed by atoms with Crippen LogP contribution in [0, 0.1) is 0 Å². The van der Waals surface area contributed by atoms with Gasteiger partial charge in [-0.25, -0.2) is 0 Å². The third-order valence-corrected chi connectivity index (χ3v) is 3.68. The minimum atomic E-state index is -0.336. The zero-order valence-electron chi connectivity index (χ0n) is 13.1. The number of carbonyl (C=O) groups is 1. The Morgan fingerprint density at radius 2 is 1.70 bits per heavy atom. The van der Waals surface area contributed by atoms with E-state index in [-0.39, 0.29) is 18.2 Å². The molecule has 0 aliphatic carbocycles. The zero-order valence-corrected chi connectivity index (χ0v) is 13.1. The maximum Gasteiger partial charge on any atom is 0.184 e. The Kier molecular flexibility index (Phi) is 9.60. The van der Waals surface area contributed by atoms with Crippen LogP contribution >= 0.6 is 0 Å². The van der Waals surface area contributed by atoms with Crippen molar-refractivity contribution in [2.45, 2.75) is 84.0 Å². The average molecular weight is 282 g/mol. The molecule has 20 heavy (non-hydrogen) atoms. The van der Waals surface area contributed by atoms with Gasteiger partial charge in [-0.05, 0) is 25.5 Å². The summed E-state index contributed by atoms with van der Waals surface area (Å²) in [5.41, 5.74) is 0. The Labute approximate surface area is 123 Å². The molecule has 0 saturated heterocycles. The average Bonchev–Trinajstić information content (AvgIpc) is 2.45. The molecule has 0 bridgehead atoms. The molecule has 2 unspecified atom stereocenters. The normalized spacial score (nSPS) is 22.4. The maximum atomic E-state index is 11.7. The molecule has 2 atom stereocenters. The molecule has 116 valence electrons. The van der Waals surface area contributed by atoms with Crippen molar-refractivity contribution in [3.05, 3.63) is 12.2 Å². The molecule has 0 spiro atoms. The van der Waals surface area contributed by atoms with Crippen LogP contribution in [0.1, 0.15) is 71.6 Å². The van der Waals surface area contributed by atoms with E-state index in [1.807, 2.05) is 6.92 Å². The molecule has 0 saturated carbocycles. The van der Waals surface area contributed by atoms with Crippen LogP contribution in [0.4, 0.5) is 0 Å². The van der Waals surface area contributed by atoms with Gasteiger partial charge in [-0.3, -0.25) is 4.79 Å². The first kappa shape index (κ1) is 17.4. The van der Waals surface area contributed by atoms with Gasteiger partial charge in [0, 0.05) is 6.61 Å². The van der Waals surface area contributed by atoms with E-state index < -0.39 is 0 Å². The Hall–Kier alpha value is -0.670. The zero-order chi connectivity index (χ0) is 14.6. The van der Waals surface area contributed by atoms with Gasteiger partial charge in [0.25, 0.3) is 0 Å². The summed E-state index contributed by atoms with van der Waals surface area (Å²) in [6.45, 7) is 4.78. The number of ketones is 1. The van der Waals surface area contributed by atoms with Crippen LogP contribution in [-0.4, -0.2) is 24.8 Å². The molecule has 1 aliphatic heterocycles.